The number of amides is 1. The number of likely N-dealkylation sites (N-methyl/N-ethyl adjacent to an activating group) is 1. The maximum atomic E-state index is 14.4. The van der Waals surface area contributed by atoms with Crippen molar-refractivity contribution in [3.63, 3.8) is 0 Å². The molecule has 3 aliphatic carbocycles. The van der Waals surface area contributed by atoms with Crippen LogP contribution in [-0.2, 0) is 20.8 Å². The molecule has 31 heavy (non-hydrogen) atoms. The number of benzene rings is 1. The van der Waals surface area contributed by atoms with Crippen molar-refractivity contribution in [2.75, 3.05) is 14.1 Å². The molecule has 1 saturated carbocycles. The molecule has 1 aromatic rings. The number of aromatic hydroxyl groups is 1. The smallest absolute Gasteiger partial charge is 0.255 e. The number of phenolic OH excluding ortho intramolecular Hbond substituents is 1. The Morgan fingerprint density at radius 2 is 1.87 bits per heavy atom. The van der Waals surface area contributed by atoms with Crippen molar-refractivity contribution in [3.05, 3.63) is 46.0 Å². The summed E-state index contributed by atoms with van der Waals surface area (Å²) in [7, 11) is 3.01. The number of primary amides is 1. The lowest BCUT2D eigenvalue weighted by atomic mass is 9.57. The molecule has 4 atom stereocenters. The van der Waals surface area contributed by atoms with Crippen LogP contribution >= 0.6 is 0 Å². The van der Waals surface area contributed by atoms with E-state index in [4.69, 9.17) is 5.73 Å². The third kappa shape index (κ3) is 2.58. The highest BCUT2D eigenvalue weighted by Gasteiger charge is 2.64. The number of aliphatic hydroxyl groups is 3. The number of carbonyl (C=O) groups excluding carboxylic acids is 3. The lowest BCUT2D eigenvalue weighted by Crippen LogP contribution is -2.65. The largest absolute Gasteiger partial charge is 0.508 e. The first-order chi connectivity index (χ1) is 14.4. The van der Waals surface area contributed by atoms with Gasteiger partial charge in [-0.05, 0) is 45.0 Å². The fourth-order valence-corrected chi connectivity index (χ4v) is 5.21. The molecule has 1 aromatic carbocycles. The van der Waals surface area contributed by atoms with E-state index >= 15 is 0 Å². The highest BCUT2D eigenvalue weighted by molar-refractivity contribution is 6.24. The van der Waals surface area contributed by atoms with Gasteiger partial charge in [0.15, 0.2) is 11.4 Å². The van der Waals surface area contributed by atoms with Gasteiger partial charge in [-0.1, -0.05) is 0 Å². The zero-order valence-electron chi connectivity index (χ0n) is 16.7. The Morgan fingerprint density at radius 1 is 1.23 bits per heavy atom. The molecule has 0 bridgehead atoms. The van der Waals surface area contributed by atoms with Gasteiger partial charge in [-0.25, -0.2) is 4.39 Å². The molecular weight excluding hydrogens is 411 g/mol. The number of phenols is 1. The summed E-state index contributed by atoms with van der Waals surface area (Å²) in [6.07, 6.45) is -0.157. The maximum Gasteiger partial charge on any atom is 0.255 e. The van der Waals surface area contributed by atoms with Gasteiger partial charge in [-0.2, -0.15) is 0 Å². The van der Waals surface area contributed by atoms with Gasteiger partial charge in [0, 0.05) is 17.1 Å². The van der Waals surface area contributed by atoms with E-state index in [0.717, 1.165) is 12.1 Å². The maximum absolute atomic E-state index is 14.4. The second kappa shape index (κ2) is 6.63. The van der Waals surface area contributed by atoms with E-state index in [9.17, 15) is 39.2 Å². The number of nitrogens with zero attached hydrogens (tertiary/aromatic N) is 1. The van der Waals surface area contributed by atoms with E-state index in [1.807, 2.05) is 0 Å². The minimum absolute atomic E-state index is 0.00520. The van der Waals surface area contributed by atoms with Gasteiger partial charge in [0.05, 0.1) is 11.6 Å². The Morgan fingerprint density at radius 3 is 2.45 bits per heavy atom. The Labute approximate surface area is 175 Å². The fourth-order valence-electron chi connectivity index (χ4n) is 5.21. The summed E-state index contributed by atoms with van der Waals surface area (Å²) in [6, 6.07) is 0.889. The number of aliphatic hydroxyl groups excluding tert-OH is 2. The molecule has 6 N–H and O–H groups in total. The van der Waals surface area contributed by atoms with Crippen molar-refractivity contribution in [1.29, 1.82) is 0 Å². The first kappa shape index (κ1) is 21.0. The van der Waals surface area contributed by atoms with Crippen molar-refractivity contribution in [3.8, 4) is 5.75 Å². The van der Waals surface area contributed by atoms with E-state index < -0.39 is 69.6 Å². The summed E-state index contributed by atoms with van der Waals surface area (Å²) in [5.74, 6) is -8.26. The first-order valence-corrected chi connectivity index (χ1v) is 9.58. The Hall–Kier alpha value is -3.24. The van der Waals surface area contributed by atoms with Crippen LogP contribution in [0.2, 0.25) is 0 Å². The van der Waals surface area contributed by atoms with Gasteiger partial charge in [-0.15, -0.1) is 0 Å². The highest BCUT2D eigenvalue weighted by atomic mass is 19.1. The minimum atomic E-state index is -2.70. The second-order valence-electron chi connectivity index (χ2n) is 8.38. The predicted octanol–water partition coefficient (Wildman–Crippen LogP) is 0.103. The molecule has 0 aromatic heterocycles. The van der Waals surface area contributed by atoms with Crippen LogP contribution < -0.4 is 5.73 Å². The van der Waals surface area contributed by atoms with Crippen molar-refractivity contribution in [2.24, 2.45) is 17.6 Å². The van der Waals surface area contributed by atoms with Crippen molar-refractivity contribution in [2.45, 2.75) is 24.5 Å². The van der Waals surface area contributed by atoms with Gasteiger partial charge in [0.1, 0.15) is 28.7 Å². The Balaban J connectivity index is 1.99. The van der Waals surface area contributed by atoms with Gasteiger partial charge >= 0.3 is 0 Å². The van der Waals surface area contributed by atoms with E-state index in [0.29, 0.717) is 0 Å². The molecule has 10 heteroatoms. The molecule has 0 aliphatic heterocycles. The molecule has 0 saturated heterocycles. The number of rotatable bonds is 2. The lowest BCUT2D eigenvalue weighted by molar-refractivity contribution is -0.153. The van der Waals surface area contributed by atoms with Crippen LogP contribution in [0.5, 0.6) is 5.75 Å². The summed E-state index contributed by atoms with van der Waals surface area (Å²) in [5, 5.41) is 43.0. The molecule has 3 aliphatic rings. The van der Waals surface area contributed by atoms with Crippen molar-refractivity contribution < 1.29 is 39.2 Å². The molecule has 164 valence electrons. The van der Waals surface area contributed by atoms with Crippen LogP contribution in [0.4, 0.5) is 4.39 Å². The number of halogens is 1. The summed E-state index contributed by atoms with van der Waals surface area (Å²) in [6.45, 7) is 0. The predicted molar refractivity (Wildman–Crippen MR) is 104 cm³/mol. The number of Topliss-reactive ketones (excluding diaryl/α,β-unsaturated/α-hetero) is 2. The fraction of sp³-hybridized carbons (Fsp3) is 0.381. The summed E-state index contributed by atoms with van der Waals surface area (Å²) < 4.78 is 14.4. The third-order valence-electron chi connectivity index (χ3n) is 6.55. The Bertz CT molecular complexity index is 1120. The monoisotopic (exact) mass is 432 g/mol. The number of fused-ring (bicyclic) bond motifs is 3. The number of carbonyl (C=O) groups is 3. The van der Waals surface area contributed by atoms with Crippen LogP contribution in [0, 0.1) is 17.7 Å². The highest BCUT2D eigenvalue weighted by Crippen LogP contribution is 2.52. The average molecular weight is 432 g/mol. The molecule has 2 unspecified atom stereocenters. The van der Waals surface area contributed by atoms with E-state index in [-0.39, 0.29) is 29.5 Å². The first-order valence-electron chi connectivity index (χ1n) is 9.58. The summed E-state index contributed by atoms with van der Waals surface area (Å²) in [4.78, 5) is 39.6. The van der Waals surface area contributed by atoms with Crippen molar-refractivity contribution >= 4 is 23.2 Å². The molecule has 4 rings (SSSR count). The number of hydrogen-bond donors (Lipinski definition) is 5. The SMILES string of the molecule is CN(C)[C@@H]1C(=O)C(C(N)=O)=C(O)[C@@]2(O)C(=O)C3=C(O)c4c(O)ccc(F)c4CC3CC12. The molecule has 0 spiro atoms. The van der Waals surface area contributed by atoms with Crippen LogP contribution in [0.1, 0.15) is 17.5 Å². The number of ketones is 2. The van der Waals surface area contributed by atoms with E-state index in [2.05, 4.69) is 0 Å². The zero-order valence-corrected chi connectivity index (χ0v) is 16.7. The minimum Gasteiger partial charge on any atom is -0.508 e. The molecule has 1 fully saturated rings. The standard InChI is InChI=1S/C21H21FN2O7/c1-24(2)15-9-6-7-5-8-10(22)3-4-11(25)13(8)16(26)12(7)18(28)21(9,31)19(29)14(17(15)27)20(23)30/h3-4,7,9,15,25-26,29,31H,5-6H2,1-2H3,(H2,23,30)/t7?,9?,15-,21-/m0/s1. The molecule has 0 radical (unpaired) electrons. The van der Waals surface area contributed by atoms with E-state index in [1.165, 1.54) is 19.0 Å². The summed E-state index contributed by atoms with van der Waals surface area (Å²) >= 11 is 0. The Kier molecular flexibility index (Phi) is 4.49. The summed E-state index contributed by atoms with van der Waals surface area (Å²) in [5.41, 5.74) is 1.09. The average Bonchev–Trinajstić information content (AvgIpc) is 2.67. The number of hydrogen-bond acceptors (Lipinski definition) is 8. The molecule has 9 nitrogen and oxygen atoms in total. The quantitative estimate of drug-likeness (QED) is 0.411. The van der Waals surface area contributed by atoms with Gasteiger partial charge < -0.3 is 26.2 Å². The zero-order chi connectivity index (χ0) is 23.0. The molecule has 1 amide bonds. The number of nitrogens with two attached hydrogens (primary N) is 1. The lowest BCUT2D eigenvalue weighted by Gasteiger charge is -2.50. The van der Waals surface area contributed by atoms with Crippen molar-refractivity contribution in [1.82, 2.24) is 4.90 Å². The topological polar surface area (TPSA) is 161 Å². The van der Waals surface area contributed by atoms with Gasteiger partial charge in [0.25, 0.3) is 5.91 Å². The molecule has 0 heterocycles. The van der Waals surface area contributed by atoms with Gasteiger partial charge in [-0.3, -0.25) is 19.3 Å². The van der Waals surface area contributed by atoms with Crippen LogP contribution in [-0.4, -0.2) is 68.5 Å². The second-order valence-corrected chi connectivity index (χ2v) is 8.38. The molecular formula is C21H21FN2O7. The van der Waals surface area contributed by atoms with Gasteiger partial charge in [0.2, 0.25) is 5.78 Å². The normalized spacial score (nSPS) is 30.3. The van der Waals surface area contributed by atoms with Crippen LogP contribution in [0.25, 0.3) is 5.76 Å². The van der Waals surface area contributed by atoms with E-state index in [1.54, 1.807) is 0 Å². The third-order valence-corrected chi connectivity index (χ3v) is 6.55. The van der Waals surface area contributed by atoms with Crippen LogP contribution in [0.15, 0.2) is 29.0 Å². The van der Waals surface area contributed by atoms with Crippen LogP contribution in [0.3, 0.4) is 0 Å².